The van der Waals surface area contributed by atoms with Crippen molar-refractivity contribution >= 4 is 11.8 Å². The highest BCUT2D eigenvalue weighted by Gasteiger charge is 2.24. The molecule has 2 aromatic rings. The molecule has 154 valence electrons. The summed E-state index contributed by atoms with van der Waals surface area (Å²) in [5, 5.41) is 2.87. The van der Waals surface area contributed by atoms with Crippen LogP contribution in [0.3, 0.4) is 0 Å². The molecule has 3 rings (SSSR count). The Balaban J connectivity index is 1.44. The van der Waals surface area contributed by atoms with Crippen LogP contribution in [0.2, 0.25) is 0 Å². The van der Waals surface area contributed by atoms with Gasteiger partial charge in [0.25, 0.3) is 11.8 Å². The number of methoxy groups -OCH3 is 1. The smallest absolute Gasteiger partial charge is 0.260 e. The van der Waals surface area contributed by atoms with Crippen LogP contribution in [0.15, 0.2) is 48.5 Å². The maximum Gasteiger partial charge on any atom is 0.260 e. The van der Waals surface area contributed by atoms with Gasteiger partial charge in [0.2, 0.25) is 0 Å². The molecule has 6 nitrogen and oxygen atoms in total. The molecule has 1 unspecified atom stereocenters. The van der Waals surface area contributed by atoms with Gasteiger partial charge in [-0.1, -0.05) is 0 Å². The number of amides is 2. The predicted molar refractivity (Wildman–Crippen MR) is 107 cm³/mol. The van der Waals surface area contributed by atoms with Crippen LogP contribution in [-0.4, -0.2) is 50.1 Å². The molecular weight excluding hydrogens is 375 g/mol. The standard InChI is InChI=1S/C22H25FN2O4/c1-28-19-8-10-20(11-9-19)29-15-21(26)25-12-2-3-16(14-25)13-24-22(27)17-4-6-18(23)7-5-17/h4-11,16H,2-3,12-15H2,1H3,(H,24,27). The molecule has 1 aliphatic heterocycles. The van der Waals surface area contributed by atoms with Crippen molar-refractivity contribution in [2.45, 2.75) is 12.8 Å². The second-order valence-electron chi connectivity index (χ2n) is 7.03. The highest BCUT2D eigenvalue weighted by molar-refractivity contribution is 5.94. The Hall–Kier alpha value is -3.09. The molecule has 2 amide bonds. The molecule has 1 aliphatic rings. The first-order valence-electron chi connectivity index (χ1n) is 9.63. The number of likely N-dealkylation sites (tertiary alicyclic amines) is 1. The molecule has 0 aliphatic carbocycles. The molecule has 29 heavy (non-hydrogen) atoms. The van der Waals surface area contributed by atoms with Gasteiger partial charge in [0.15, 0.2) is 6.61 Å². The topological polar surface area (TPSA) is 67.9 Å². The Labute approximate surface area is 169 Å². The zero-order valence-corrected chi connectivity index (χ0v) is 16.4. The summed E-state index contributed by atoms with van der Waals surface area (Å²) in [4.78, 5) is 26.4. The number of carbonyl (C=O) groups is 2. The molecule has 0 aromatic heterocycles. The number of halogens is 1. The van der Waals surface area contributed by atoms with E-state index in [4.69, 9.17) is 9.47 Å². The minimum Gasteiger partial charge on any atom is -0.497 e. The van der Waals surface area contributed by atoms with Gasteiger partial charge >= 0.3 is 0 Å². The summed E-state index contributed by atoms with van der Waals surface area (Å²) in [5.41, 5.74) is 0.419. The number of hydrogen-bond acceptors (Lipinski definition) is 4. The van der Waals surface area contributed by atoms with Crippen LogP contribution in [0.4, 0.5) is 4.39 Å². The van der Waals surface area contributed by atoms with Crippen molar-refractivity contribution in [3.63, 3.8) is 0 Å². The lowest BCUT2D eigenvalue weighted by molar-refractivity contribution is -0.135. The number of ether oxygens (including phenoxy) is 2. The van der Waals surface area contributed by atoms with Crippen LogP contribution >= 0.6 is 0 Å². The molecule has 0 bridgehead atoms. The van der Waals surface area contributed by atoms with Crippen LogP contribution < -0.4 is 14.8 Å². The fourth-order valence-electron chi connectivity index (χ4n) is 3.31. The quantitative estimate of drug-likeness (QED) is 0.776. The minimum absolute atomic E-state index is 0.0268. The molecule has 1 N–H and O–H groups in total. The average molecular weight is 400 g/mol. The molecule has 0 radical (unpaired) electrons. The SMILES string of the molecule is COc1ccc(OCC(=O)N2CCCC(CNC(=O)c3ccc(F)cc3)C2)cc1. The number of piperidine rings is 1. The Morgan fingerprint density at radius 1 is 1.10 bits per heavy atom. The van der Waals surface area contributed by atoms with E-state index in [0.29, 0.717) is 30.9 Å². The number of hydrogen-bond donors (Lipinski definition) is 1. The summed E-state index contributed by atoms with van der Waals surface area (Å²) >= 11 is 0. The van der Waals surface area contributed by atoms with Crippen molar-refractivity contribution in [1.82, 2.24) is 10.2 Å². The van der Waals surface area contributed by atoms with E-state index < -0.39 is 0 Å². The van der Waals surface area contributed by atoms with E-state index in [0.717, 1.165) is 18.6 Å². The molecule has 0 saturated carbocycles. The summed E-state index contributed by atoms with van der Waals surface area (Å²) in [5.74, 6) is 0.828. The van der Waals surface area contributed by atoms with Gasteiger partial charge < -0.3 is 19.7 Å². The van der Waals surface area contributed by atoms with Crippen LogP contribution in [-0.2, 0) is 4.79 Å². The maximum absolute atomic E-state index is 13.0. The van der Waals surface area contributed by atoms with Gasteiger partial charge in [-0.15, -0.1) is 0 Å². The van der Waals surface area contributed by atoms with Crippen molar-refractivity contribution in [3.8, 4) is 11.5 Å². The van der Waals surface area contributed by atoms with Crippen LogP contribution in [0.25, 0.3) is 0 Å². The average Bonchev–Trinajstić information content (AvgIpc) is 2.77. The van der Waals surface area contributed by atoms with E-state index in [9.17, 15) is 14.0 Å². The highest BCUT2D eigenvalue weighted by Crippen LogP contribution is 2.19. The van der Waals surface area contributed by atoms with Crippen molar-refractivity contribution in [2.75, 3.05) is 33.4 Å². The predicted octanol–water partition coefficient (Wildman–Crippen LogP) is 2.88. The summed E-state index contributed by atoms with van der Waals surface area (Å²) in [7, 11) is 1.59. The van der Waals surface area contributed by atoms with E-state index in [-0.39, 0.29) is 30.2 Å². The number of rotatable bonds is 7. The molecule has 1 saturated heterocycles. The minimum atomic E-state index is -0.375. The van der Waals surface area contributed by atoms with Gasteiger partial charge in [-0.25, -0.2) is 4.39 Å². The first kappa shape index (κ1) is 20.6. The molecule has 0 spiro atoms. The van der Waals surface area contributed by atoms with Crippen molar-refractivity contribution in [1.29, 1.82) is 0 Å². The number of nitrogens with zero attached hydrogens (tertiary/aromatic N) is 1. The third-order valence-corrected chi connectivity index (χ3v) is 4.95. The third-order valence-electron chi connectivity index (χ3n) is 4.95. The van der Waals surface area contributed by atoms with E-state index in [1.807, 2.05) is 0 Å². The number of carbonyl (C=O) groups excluding carboxylic acids is 2. The Morgan fingerprint density at radius 3 is 2.48 bits per heavy atom. The maximum atomic E-state index is 13.0. The van der Waals surface area contributed by atoms with Gasteiger partial charge in [0, 0.05) is 25.2 Å². The fourth-order valence-corrected chi connectivity index (χ4v) is 3.31. The molecule has 1 heterocycles. The first-order chi connectivity index (χ1) is 14.0. The normalized spacial score (nSPS) is 16.2. The van der Waals surface area contributed by atoms with Gasteiger partial charge in [0.1, 0.15) is 17.3 Å². The summed E-state index contributed by atoms with van der Waals surface area (Å²) < 4.78 is 23.6. The first-order valence-corrected chi connectivity index (χ1v) is 9.63. The molecular formula is C22H25FN2O4. The van der Waals surface area contributed by atoms with Gasteiger partial charge in [-0.3, -0.25) is 9.59 Å². The molecule has 7 heteroatoms. The summed E-state index contributed by atoms with van der Waals surface area (Å²) in [6.07, 6.45) is 1.82. The highest BCUT2D eigenvalue weighted by atomic mass is 19.1. The number of nitrogens with one attached hydrogen (secondary N) is 1. The van der Waals surface area contributed by atoms with Gasteiger partial charge in [-0.2, -0.15) is 0 Å². The lowest BCUT2D eigenvalue weighted by Crippen LogP contribution is -2.45. The van der Waals surface area contributed by atoms with Crippen molar-refractivity contribution in [3.05, 3.63) is 59.9 Å². The van der Waals surface area contributed by atoms with Crippen molar-refractivity contribution in [2.24, 2.45) is 5.92 Å². The Bertz CT molecular complexity index is 824. The second-order valence-corrected chi connectivity index (χ2v) is 7.03. The van der Waals surface area contributed by atoms with E-state index in [2.05, 4.69) is 5.32 Å². The van der Waals surface area contributed by atoms with Crippen LogP contribution in [0.5, 0.6) is 11.5 Å². The Kier molecular flexibility index (Phi) is 7.05. The summed E-state index contributed by atoms with van der Waals surface area (Å²) in [6, 6.07) is 12.5. The molecule has 2 aromatic carbocycles. The largest absolute Gasteiger partial charge is 0.497 e. The van der Waals surface area contributed by atoms with E-state index in [1.54, 1.807) is 36.3 Å². The van der Waals surface area contributed by atoms with Gasteiger partial charge in [-0.05, 0) is 67.3 Å². The number of benzene rings is 2. The third kappa shape index (κ3) is 5.94. The van der Waals surface area contributed by atoms with E-state index >= 15 is 0 Å². The second kappa shape index (κ2) is 9.91. The van der Waals surface area contributed by atoms with Crippen molar-refractivity contribution < 1.29 is 23.5 Å². The fraction of sp³-hybridized carbons (Fsp3) is 0.364. The zero-order valence-electron chi connectivity index (χ0n) is 16.4. The van der Waals surface area contributed by atoms with Crippen LogP contribution in [0, 0.1) is 11.7 Å². The Morgan fingerprint density at radius 2 is 1.79 bits per heavy atom. The van der Waals surface area contributed by atoms with E-state index in [1.165, 1.54) is 24.3 Å². The molecule has 1 fully saturated rings. The zero-order chi connectivity index (χ0) is 20.6. The van der Waals surface area contributed by atoms with Crippen LogP contribution in [0.1, 0.15) is 23.2 Å². The summed E-state index contributed by atoms with van der Waals surface area (Å²) in [6.45, 7) is 1.71. The molecule has 1 atom stereocenters. The lowest BCUT2D eigenvalue weighted by atomic mass is 9.98. The lowest BCUT2D eigenvalue weighted by Gasteiger charge is -2.32. The monoisotopic (exact) mass is 400 g/mol. The van der Waals surface area contributed by atoms with Gasteiger partial charge in [0.05, 0.1) is 7.11 Å².